The summed E-state index contributed by atoms with van der Waals surface area (Å²) >= 11 is 1.03. The summed E-state index contributed by atoms with van der Waals surface area (Å²) in [5.41, 5.74) is 11.7. The second-order valence-electron chi connectivity index (χ2n) is 11.0. The van der Waals surface area contributed by atoms with Crippen molar-refractivity contribution >= 4 is 44.4 Å². The van der Waals surface area contributed by atoms with Gasteiger partial charge in [-0.2, -0.15) is 23.4 Å². The van der Waals surface area contributed by atoms with Gasteiger partial charge in [-0.25, -0.2) is 4.98 Å². The Labute approximate surface area is 277 Å². The molecule has 0 radical (unpaired) electrons. The molecule has 7 N–H and O–H groups in total. The highest BCUT2D eigenvalue weighted by Crippen LogP contribution is 2.33. The van der Waals surface area contributed by atoms with Crippen LogP contribution in [0.5, 0.6) is 5.75 Å². The van der Waals surface area contributed by atoms with E-state index in [1.54, 1.807) is 12.1 Å². The normalized spacial score (nSPS) is 16.8. The number of thiazole rings is 1. The van der Waals surface area contributed by atoms with Gasteiger partial charge in [-0.05, 0) is 44.5 Å². The molecule has 2 atom stereocenters. The van der Waals surface area contributed by atoms with Crippen molar-refractivity contribution in [1.82, 2.24) is 40.7 Å². The van der Waals surface area contributed by atoms with Gasteiger partial charge in [-0.15, -0.1) is 30.5 Å². The molecular formula is C26H33N12O8S2+. The number of nitrogens with one attached hydrogen (secondary N) is 2. The van der Waals surface area contributed by atoms with E-state index in [1.807, 2.05) is 36.3 Å². The third-order valence-corrected chi connectivity index (χ3v) is 8.23. The van der Waals surface area contributed by atoms with Crippen LogP contribution < -0.4 is 26.2 Å². The third kappa shape index (κ3) is 7.74. The first kappa shape index (κ1) is 34.3. The molecule has 1 fully saturated rings. The number of β-lactam (4-membered cyclic amide) rings is 1. The number of rotatable bonds is 15. The van der Waals surface area contributed by atoms with Gasteiger partial charge in [0.1, 0.15) is 24.1 Å². The predicted molar refractivity (Wildman–Crippen MR) is 167 cm³/mol. The molecule has 20 nitrogen and oxygen atoms in total. The molecule has 0 saturated carbocycles. The number of hydrogen-bond donors (Lipinski definition) is 5. The van der Waals surface area contributed by atoms with Crippen LogP contribution in [0, 0.1) is 0 Å². The van der Waals surface area contributed by atoms with E-state index >= 15 is 0 Å². The molecule has 2 unspecified atom stereocenters. The number of hydrogen-bond acceptors (Lipinski definition) is 15. The minimum absolute atomic E-state index is 0.0271. The highest BCUT2D eigenvalue weighted by Gasteiger charge is 2.58. The van der Waals surface area contributed by atoms with Gasteiger partial charge in [-0.3, -0.25) is 14.1 Å². The average molecular weight is 706 g/mol. The van der Waals surface area contributed by atoms with Crippen LogP contribution in [0.25, 0.3) is 11.1 Å². The second-order valence-corrected chi connectivity index (χ2v) is 12.9. The lowest BCUT2D eigenvalue weighted by atomic mass is 9.84. The smallest absolute Gasteiger partial charge is 0.418 e. The average Bonchev–Trinajstić information content (AvgIpc) is 3.81. The van der Waals surface area contributed by atoms with Crippen molar-refractivity contribution in [3.05, 3.63) is 53.6 Å². The number of H-pyrrole nitrogens is 1. The quantitative estimate of drug-likeness (QED) is 0.0335. The molecule has 4 heterocycles. The number of benzene rings is 1. The Kier molecular flexibility index (Phi) is 10.00. The zero-order valence-electron chi connectivity index (χ0n) is 25.9. The lowest BCUT2D eigenvalue weighted by molar-refractivity contribution is -0.753. The van der Waals surface area contributed by atoms with E-state index < -0.39 is 39.9 Å². The zero-order valence-corrected chi connectivity index (χ0v) is 27.5. The highest BCUT2D eigenvalue weighted by molar-refractivity contribution is 7.80. The van der Waals surface area contributed by atoms with Crippen LogP contribution in [0.1, 0.15) is 37.9 Å². The SMILES string of the molecule is C[n+]1cc(-c2ccc(OCC(ON=C(C(=O)NC3C(=O)N(OS(=O)(=O)O)C3(C)C)c3csc(N)n3)c3nn[nH]n3)cc2)cn1CCCN. The van der Waals surface area contributed by atoms with Crippen LogP contribution in [0.2, 0.25) is 0 Å². The fourth-order valence-electron chi connectivity index (χ4n) is 4.70. The number of carbonyl (C=O) groups excluding carboxylic acids is 2. The molecule has 1 aliphatic heterocycles. The monoisotopic (exact) mass is 705 g/mol. The largest absolute Gasteiger partial charge is 0.489 e. The van der Waals surface area contributed by atoms with Crippen LogP contribution in [-0.2, 0) is 42.7 Å². The van der Waals surface area contributed by atoms with Crippen molar-refractivity contribution in [2.45, 2.75) is 44.5 Å². The summed E-state index contributed by atoms with van der Waals surface area (Å²) in [6.45, 7) is 4.07. The number of aromatic nitrogens is 7. The molecule has 0 bridgehead atoms. The fourth-order valence-corrected chi connectivity index (χ4v) is 5.70. The van der Waals surface area contributed by atoms with Crippen LogP contribution in [-0.4, -0.2) is 90.6 Å². The molecule has 22 heteroatoms. The summed E-state index contributed by atoms with van der Waals surface area (Å²) in [5.74, 6) is -1.29. The number of nitrogen functional groups attached to an aromatic ring is 1. The molecule has 4 aromatic rings. The first-order chi connectivity index (χ1) is 22.8. The highest BCUT2D eigenvalue weighted by atomic mass is 32.3. The number of amides is 2. The molecule has 256 valence electrons. The Balaban J connectivity index is 1.30. The summed E-state index contributed by atoms with van der Waals surface area (Å²) in [6, 6.07) is 6.11. The van der Waals surface area contributed by atoms with Gasteiger partial charge in [0.25, 0.3) is 11.8 Å². The van der Waals surface area contributed by atoms with Crippen LogP contribution >= 0.6 is 11.3 Å². The van der Waals surface area contributed by atoms with E-state index in [0.717, 1.165) is 35.4 Å². The van der Waals surface area contributed by atoms with Crippen molar-refractivity contribution in [1.29, 1.82) is 0 Å². The van der Waals surface area contributed by atoms with E-state index in [2.05, 4.69) is 45.0 Å². The molecule has 0 aliphatic carbocycles. The Morgan fingerprint density at radius 2 is 2.04 bits per heavy atom. The maximum absolute atomic E-state index is 13.4. The van der Waals surface area contributed by atoms with Crippen LogP contribution in [0.15, 0.2) is 47.2 Å². The molecular weight excluding hydrogens is 672 g/mol. The summed E-state index contributed by atoms with van der Waals surface area (Å²) in [5, 5.41) is 22.3. The van der Waals surface area contributed by atoms with E-state index in [4.69, 9.17) is 25.6 Å². The number of aryl methyl sites for hydroxylation is 2. The number of oxime groups is 1. The van der Waals surface area contributed by atoms with Crippen LogP contribution in [0.4, 0.5) is 5.13 Å². The van der Waals surface area contributed by atoms with Crippen molar-refractivity contribution in [3.8, 4) is 16.9 Å². The lowest BCUT2D eigenvalue weighted by Crippen LogP contribution is -2.76. The zero-order chi connectivity index (χ0) is 34.6. The first-order valence-electron chi connectivity index (χ1n) is 14.3. The predicted octanol–water partition coefficient (Wildman–Crippen LogP) is -0.739. The summed E-state index contributed by atoms with van der Waals surface area (Å²) in [7, 11) is -3.03. The van der Waals surface area contributed by atoms with Crippen molar-refractivity contribution in [2.24, 2.45) is 17.9 Å². The molecule has 3 aromatic heterocycles. The van der Waals surface area contributed by atoms with Crippen LogP contribution in [0.3, 0.4) is 0 Å². The summed E-state index contributed by atoms with van der Waals surface area (Å²) < 4.78 is 45.7. The number of tetrazole rings is 1. The maximum atomic E-state index is 13.4. The van der Waals surface area contributed by atoms with E-state index in [9.17, 15) is 18.0 Å². The minimum Gasteiger partial charge on any atom is -0.489 e. The number of anilines is 1. The van der Waals surface area contributed by atoms with Crippen molar-refractivity contribution in [2.75, 3.05) is 18.9 Å². The summed E-state index contributed by atoms with van der Waals surface area (Å²) in [4.78, 5) is 35.8. The van der Waals surface area contributed by atoms with Gasteiger partial charge in [0.2, 0.25) is 18.1 Å². The Hall–Kier alpha value is -5.03. The maximum Gasteiger partial charge on any atom is 0.418 e. The number of hydroxylamine groups is 2. The Bertz CT molecular complexity index is 1890. The number of nitrogens with two attached hydrogens (primary N) is 2. The third-order valence-electron chi connectivity index (χ3n) is 7.22. The number of nitrogens with zero attached hydrogens (tertiary/aromatic N) is 8. The molecule has 5 rings (SSSR count). The number of carbonyl (C=O) groups is 2. The molecule has 0 spiro atoms. The minimum atomic E-state index is -4.99. The Morgan fingerprint density at radius 1 is 1.29 bits per heavy atom. The molecule has 1 aromatic carbocycles. The topological polar surface area (TPSA) is 272 Å². The Morgan fingerprint density at radius 3 is 2.65 bits per heavy atom. The summed E-state index contributed by atoms with van der Waals surface area (Å²) in [6.07, 6.45) is 3.84. The first-order valence-corrected chi connectivity index (χ1v) is 16.5. The van der Waals surface area contributed by atoms with Crippen molar-refractivity contribution < 1.29 is 41.1 Å². The van der Waals surface area contributed by atoms with Gasteiger partial charge >= 0.3 is 10.4 Å². The molecule has 48 heavy (non-hydrogen) atoms. The van der Waals surface area contributed by atoms with Crippen molar-refractivity contribution in [3.63, 3.8) is 0 Å². The van der Waals surface area contributed by atoms with Gasteiger partial charge in [0.05, 0.1) is 23.8 Å². The van der Waals surface area contributed by atoms with E-state index in [-0.39, 0.29) is 29.0 Å². The molecule has 2 amide bonds. The van der Waals surface area contributed by atoms with E-state index in [1.165, 1.54) is 19.2 Å². The lowest BCUT2D eigenvalue weighted by Gasteiger charge is -2.50. The standard InChI is InChI=1S/C26H32N12O8S2/c1-26(2)21(24(40)38(26)46-48(41,42)43)30-23(39)20(18-14-47-25(28)29-18)33-45-19(22-31-34-35-32-22)13-44-17-7-5-15(6-8-17)16-11-36(3)37(12-16)10-4-9-27/h5-8,11-12,14,19,21H,4,9-10,13,27H2,1-3H3,(H4-,28,29,30,31,32,34,35,39,41,42,43)/p+1. The van der Waals surface area contributed by atoms with E-state index in [0.29, 0.717) is 17.4 Å². The van der Waals surface area contributed by atoms with Gasteiger partial charge in [0.15, 0.2) is 17.9 Å². The van der Waals surface area contributed by atoms with Gasteiger partial charge < -0.3 is 26.4 Å². The van der Waals surface area contributed by atoms with Gasteiger partial charge in [-0.1, -0.05) is 22.5 Å². The second kappa shape index (κ2) is 14.0. The molecule has 1 saturated heterocycles. The molecule has 1 aliphatic rings. The number of aromatic amines is 1. The van der Waals surface area contributed by atoms with Gasteiger partial charge in [0, 0.05) is 5.38 Å². The fraction of sp³-hybridized carbons (Fsp3) is 0.385. The number of ether oxygens (including phenoxy) is 1.